The first kappa shape index (κ1) is 13.1. The van der Waals surface area contributed by atoms with Crippen LogP contribution in [0.15, 0.2) is 29.8 Å². The van der Waals surface area contributed by atoms with Gasteiger partial charge >= 0.3 is 0 Å². The fourth-order valence-electron chi connectivity index (χ4n) is 1.98. The van der Waals surface area contributed by atoms with Crippen molar-refractivity contribution in [3.8, 4) is 5.75 Å². The summed E-state index contributed by atoms with van der Waals surface area (Å²) in [7, 11) is 1.69. The number of aryl methyl sites for hydroxylation is 1. The molecule has 0 saturated heterocycles. The Morgan fingerprint density at radius 2 is 2.28 bits per heavy atom. The molecule has 2 rings (SSSR count). The van der Waals surface area contributed by atoms with Gasteiger partial charge in [0.25, 0.3) is 0 Å². The average Bonchev–Trinajstić information content (AvgIpc) is 2.82. The molecule has 1 unspecified atom stereocenters. The average molecular weight is 262 g/mol. The summed E-state index contributed by atoms with van der Waals surface area (Å²) in [6.07, 6.45) is 0. The molecule has 0 aliphatic heterocycles. The van der Waals surface area contributed by atoms with Gasteiger partial charge in [-0.1, -0.05) is 19.1 Å². The molecule has 18 heavy (non-hydrogen) atoms. The summed E-state index contributed by atoms with van der Waals surface area (Å²) in [5.41, 5.74) is 4.20. The van der Waals surface area contributed by atoms with E-state index in [9.17, 15) is 0 Å². The van der Waals surface area contributed by atoms with Crippen molar-refractivity contribution in [2.45, 2.75) is 19.9 Å². The summed E-state index contributed by atoms with van der Waals surface area (Å²) in [5.74, 6) is 0.887. The molecule has 0 spiro atoms. The number of methoxy groups -OCH3 is 1. The molecule has 0 aliphatic rings. The Labute approximate surface area is 112 Å². The molecular weight excluding hydrogens is 244 g/mol. The first-order chi connectivity index (χ1) is 8.76. The highest BCUT2D eigenvalue weighted by molar-refractivity contribution is 7.09. The third-order valence-corrected chi connectivity index (χ3v) is 3.88. The molecule has 3 nitrogen and oxygen atoms in total. The van der Waals surface area contributed by atoms with Crippen molar-refractivity contribution in [1.29, 1.82) is 0 Å². The van der Waals surface area contributed by atoms with E-state index < -0.39 is 0 Å². The highest BCUT2D eigenvalue weighted by Crippen LogP contribution is 2.29. The van der Waals surface area contributed by atoms with Gasteiger partial charge in [0.15, 0.2) is 0 Å². The Hall–Kier alpha value is -1.39. The van der Waals surface area contributed by atoms with E-state index >= 15 is 0 Å². The minimum Gasteiger partial charge on any atom is -0.497 e. The Kier molecular flexibility index (Phi) is 4.33. The van der Waals surface area contributed by atoms with Crippen LogP contribution in [0.2, 0.25) is 0 Å². The van der Waals surface area contributed by atoms with Crippen LogP contribution in [0.3, 0.4) is 0 Å². The normalized spacial score (nSPS) is 12.4. The lowest BCUT2D eigenvalue weighted by Gasteiger charge is -2.18. The molecular formula is C14H18N2OS. The Morgan fingerprint density at radius 1 is 1.44 bits per heavy atom. The van der Waals surface area contributed by atoms with Gasteiger partial charge in [0.1, 0.15) is 5.75 Å². The van der Waals surface area contributed by atoms with Crippen LogP contribution in [0.25, 0.3) is 0 Å². The van der Waals surface area contributed by atoms with Gasteiger partial charge in [0.2, 0.25) is 0 Å². The topological polar surface area (TPSA) is 34.1 Å². The maximum Gasteiger partial charge on any atom is 0.119 e. The molecule has 0 saturated carbocycles. The second-order valence-electron chi connectivity index (χ2n) is 4.07. The van der Waals surface area contributed by atoms with Crippen molar-refractivity contribution in [3.63, 3.8) is 0 Å². The van der Waals surface area contributed by atoms with Crippen molar-refractivity contribution >= 4 is 11.3 Å². The van der Waals surface area contributed by atoms with Crippen LogP contribution in [0.1, 0.15) is 29.1 Å². The molecule has 1 atom stereocenters. The number of ether oxygens (including phenoxy) is 1. The zero-order valence-electron chi connectivity index (χ0n) is 10.9. The molecule has 0 radical (unpaired) electrons. The molecule has 96 valence electrons. The molecule has 0 amide bonds. The molecule has 2 aromatic rings. The van der Waals surface area contributed by atoms with Crippen LogP contribution in [-0.2, 0) is 0 Å². The minimum atomic E-state index is 0.192. The van der Waals surface area contributed by atoms with Gasteiger partial charge in [-0.15, -0.1) is 11.3 Å². The largest absolute Gasteiger partial charge is 0.497 e. The number of thiazole rings is 1. The second kappa shape index (κ2) is 5.98. The summed E-state index contributed by atoms with van der Waals surface area (Å²) >= 11 is 1.69. The number of nitrogens with one attached hydrogen (secondary N) is 1. The van der Waals surface area contributed by atoms with Crippen LogP contribution >= 0.6 is 11.3 Å². The second-order valence-corrected chi connectivity index (χ2v) is 4.96. The molecule has 1 N–H and O–H groups in total. The SMILES string of the molecule is CCNC(c1cccc(OC)c1)c1scnc1C. The first-order valence-corrected chi connectivity index (χ1v) is 6.91. The Bertz CT molecular complexity index is 510. The summed E-state index contributed by atoms with van der Waals surface area (Å²) in [4.78, 5) is 5.60. The molecule has 1 aromatic heterocycles. The summed E-state index contributed by atoms with van der Waals surface area (Å²) in [6.45, 7) is 5.08. The molecule has 1 heterocycles. The Morgan fingerprint density at radius 3 is 2.89 bits per heavy atom. The quantitative estimate of drug-likeness (QED) is 0.898. The van der Waals surface area contributed by atoms with E-state index in [1.54, 1.807) is 18.4 Å². The van der Waals surface area contributed by atoms with E-state index in [1.807, 2.05) is 17.6 Å². The first-order valence-electron chi connectivity index (χ1n) is 6.03. The van der Waals surface area contributed by atoms with Crippen LogP contribution in [0.4, 0.5) is 0 Å². The molecule has 0 aliphatic carbocycles. The fourth-order valence-corrected chi connectivity index (χ4v) is 2.88. The highest BCUT2D eigenvalue weighted by Gasteiger charge is 2.17. The molecule has 0 bridgehead atoms. The van der Waals surface area contributed by atoms with E-state index in [1.165, 1.54) is 10.4 Å². The number of hydrogen-bond acceptors (Lipinski definition) is 4. The van der Waals surface area contributed by atoms with Crippen molar-refractivity contribution in [1.82, 2.24) is 10.3 Å². The number of rotatable bonds is 5. The van der Waals surface area contributed by atoms with Crippen LogP contribution in [0, 0.1) is 6.92 Å². The lowest BCUT2D eigenvalue weighted by Crippen LogP contribution is -2.21. The minimum absolute atomic E-state index is 0.192. The third kappa shape index (κ3) is 2.71. The van der Waals surface area contributed by atoms with E-state index in [-0.39, 0.29) is 6.04 Å². The van der Waals surface area contributed by atoms with Crippen LogP contribution in [-0.4, -0.2) is 18.6 Å². The van der Waals surface area contributed by atoms with Gasteiger partial charge in [-0.25, -0.2) is 4.98 Å². The molecule has 4 heteroatoms. The highest BCUT2D eigenvalue weighted by atomic mass is 32.1. The van der Waals surface area contributed by atoms with Crippen molar-refractivity contribution < 1.29 is 4.74 Å². The summed E-state index contributed by atoms with van der Waals surface area (Å²) < 4.78 is 5.29. The summed E-state index contributed by atoms with van der Waals surface area (Å²) in [6, 6.07) is 8.38. The maximum absolute atomic E-state index is 5.29. The van der Waals surface area contributed by atoms with E-state index in [4.69, 9.17) is 4.74 Å². The number of hydrogen-bond donors (Lipinski definition) is 1. The van der Waals surface area contributed by atoms with Gasteiger partial charge in [0.05, 0.1) is 24.4 Å². The van der Waals surface area contributed by atoms with Gasteiger partial charge in [-0.05, 0) is 31.2 Å². The van der Waals surface area contributed by atoms with Crippen molar-refractivity contribution in [3.05, 3.63) is 45.9 Å². The van der Waals surface area contributed by atoms with E-state index in [2.05, 4.69) is 36.3 Å². The predicted molar refractivity (Wildman–Crippen MR) is 75.4 cm³/mol. The van der Waals surface area contributed by atoms with Crippen molar-refractivity contribution in [2.75, 3.05) is 13.7 Å². The number of nitrogens with zero attached hydrogens (tertiary/aromatic N) is 1. The zero-order valence-corrected chi connectivity index (χ0v) is 11.8. The van der Waals surface area contributed by atoms with Crippen LogP contribution < -0.4 is 10.1 Å². The van der Waals surface area contributed by atoms with Gasteiger partial charge in [-0.3, -0.25) is 0 Å². The lowest BCUT2D eigenvalue weighted by molar-refractivity contribution is 0.413. The maximum atomic E-state index is 5.29. The predicted octanol–water partition coefficient (Wildman–Crippen LogP) is 3.16. The standard InChI is InChI=1S/C14H18N2OS/c1-4-15-13(14-10(2)16-9-18-14)11-6-5-7-12(8-11)17-3/h5-9,13,15H,4H2,1-3H3. The Balaban J connectivity index is 2.38. The van der Waals surface area contributed by atoms with Gasteiger partial charge in [0, 0.05) is 4.88 Å². The van der Waals surface area contributed by atoms with Gasteiger partial charge < -0.3 is 10.1 Å². The van der Waals surface area contributed by atoms with Crippen LogP contribution in [0.5, 0.6) is 5.75 Å². The van der Waals surface area contributed by atoms with Crippen molar-refractivity contribution in [2.24, 2.45) is 0 Å². The monoisotopic (exact) mass is 262 g/mol. The molecule has 1 aromatic carbocycles. The third-order valence-electron chi connectivity index (χ3n) is 2.88. The summed E-state index contributed by atoms with van der Waals surface area (Å²) in [5, 5.41) is 3.51. The lowest BCUT2D eigenvalue weighted by atomic mass is 10.0. The van der Waals surface area contributed by atoms with Gasteiger partial charge in [-0.2, -0.15) is 0 Å². The van der Waals surface area contributed by atoms with E-state index in [0.717, 1.165) is 18.0 Å². The van der Waals surface area contributed by atoms with E-state index in [0.29, 0.717) is 0 Å². The number of benzene rings is 1. The fraction of sp³-hybridized carbons (Fsp3) is 0.357. The zero-order chi connectivity index (χ0) is 13.0. The smallest absolute Gasteiger partial charge is 0.119 e. The number of aromatic nitrogens is 1. The molecule has 0 fully saturated rings.